The van der Waals surface area contributed by atoms with E-state index >= 15 is 0 Å². The van der Waals surface area contributed by atoms with Crippen molar-refractivity contribution in [2.45, 2.75) is 27.7 Å². The largest absolute Gasteiger partial charge is 0.452 e. The lowest BCUT2D eigenvalue weighted by Gasteiger charge is -2.09. The van der Waals surface area contributed by atoms with Gasteiger partial charge in [0.25, 0.3) is 0 Å². The van der Waals surface area contributed by atoms with Crippen LogP contribution in [0, 0.1) is 0 Å². The molecule has 0 fully saturated rings. The summed E-state index contributed by atoms with van der Waals surface area (Å²) in [6.07, 6.45) is 1.65. The first-order valence-electron chi connectivity index (χ1n) is 16.0. The van der Waals surface area contributed by atoms with Crippen LogP contribution in [0.1, 0.15) is 27.7 Å². The molecule has 9 rings (SSSR count). The van der Waals surface area contributed by atoms with Crippen molar-refractivity contribution < 1.29 is 4.42 Å². The maximum atomic E-state index is 6.41. The third-order valence-corrected chi connectivity index (χ3v) is 9.41. The lowest BCUT2D eigenvalue weighted by atomic mass is 9.96. The second-order valence-electron chi connectivity index (χ2n) is 10.6. The average molecular weight is 615 g/mol. The molecular formula is C42H34N2OS. The number of nitrogens with zero attached hydrogens (tertiary/aromatic N) is 2. The standard InChI is InChI=1S/C38H22N2OS.2C2H6/c1-2-13-28-23(8-1)18-19-32-34(28)36-37(41-32)35(39-22-40-36)27-12-6-10-25(21-27)24-9-5-11-26(20-24)29-15-7-16-31-30-14-3-4-17-33(30)42-38(29)31;2*1-2/h1-22H;2*1-2H3. The Hall–Kier alpha value is -5.32. The molecule has 3 heterocycles. The molecule has 224 valence electrons. The highest BCUT2D eigenvalue weighted by Gasteiger charge is 2.17. The highest BCUT2D eigenvalue weighted by molar-refractivity contribution is 7.26. The summed E-state index contributed by atoms with van der Waals surface area (Å²) in [7, 11) is 0. The van der Waals surface area contributed by atoms with Gasteiger partial charge in [-0.2, -0.15) is 0 Å². The lowest BCUT2D eigenvalue weighted by Crippen LogP contribution is -1.88. The Kier molecular flexibility index (Phi) is 8.04. The Morgan fingerprint density at radius 3 is 2.02 bits per heavy atom. The third kappa shape index (κ3) is 4.92. The minimum atomic E-state index is 0.714. The summed E-state index contributed by atoms with van der Waals surface area (Å²) in [6, 6.07) is 45.2. The molecule has 0 aliphatic rings. The minimum absolute atomic E-state index is 0.714. The van der Waals surface area contributed by atoms with E-state index in [0.29, 0.717) is 5.58 Å². The number of thiophene rings is 1. The number of rotatable bonds is 3. The van der Waals surface area contributed by atoms with Gasteiger partial charge in [-0.25, -0.2) is 9.97 Å². The summed E-state index contributed by atoms with van der Waals surface area (Å²) in [5.74, 6) is 0. The van der Waals surface area contributed by atoms with Crippen molar-refractivity contribution in [3.8, 4) is 33.5 Å². The topological polar surface area (TPSA) is 38.9 Å². The average Bonchev–Trinajstić information content (AvgIpc) is 3.72. The van der Waals surface area contributed by atoms with Gasteiger partial charge in [-0.1, -0.05) is 131 Å². The van der Waals surface area contributed by atoms with E-state index in [9.17, 15) is 0 Å². The number of furan rings is 1. The van der Waals surface area contributed by atoms with Crippen molar-refractivity contribution >= 4 is 64.4 Å². The molecule has 0 bridgehead atoms. The molecule has 0 aliphatic carbocycles. The minimum Gasteiger partial charge on any atom is -0.452 e. The van der Waals surface area contributed by atoms with Crippen LogP contribution in [-0.4, -0.2) is 9.97 Å². The second-order valence-corrected chi connectivity index (χ2v) is 11.7. The summed E-state index contributed by atoms with van der Waals surface area (Å²) in [5, 5.41) is 5.97. The van der Waals surface area contributed by atoms with Gasteiger partial charge in [0.2, 0.25) is 0 Å². The molecule has 0 saturated heterocycles. The van der Waals surface area contributed by atoms with E-state index in [1.54, 1.807) is 6.33 Å². The first-order valence-corrected chi connectivity index (χ1v) is 16.8. The van der Waals surface area contributed by atoms with Gasteiger partial charge in [0.05, 0.1) is 5.39 Å². The van der Waals surface area contributed by atoms with E-state index in [2.05, 4.69) is 126 Å². The Bertz CT molecular complexity index is 2490. The van der Waals surface area contributed by atoms with E-state index in [1.165, 1.54) is 36.7 Å². The van der Waals surface area contributed by atoms with Crippen molar-refractivity contribution in [3.05, 3.63) is 134 Å². The number of aromatic nitrogens is 2. The number of hydrogen-bond donors (Lipinski definition) is 0. The van der Waals surface area contributed by atoms with Crippen molar-refractivity contribution in [1.82, 2.24) is 9.97 Å². The summed E-state index contributed by atoms with van der Waals surface area (Å²) in [6.45, 7) is 8.00. The van der Waals surface area contributed by atoms with Crippen molar-refractivity contribution in [2.24, 2.45) is 0 Å². The monoisotopic (exact) mass is 614 g/mol. The molecule has 0 spiro atoms. The molecule has 0 radical (unpaired) electrons. The molecular weight excluding hydrogens is 581 g/mol. The third-order valence-electron chi connectivity index (χ3n) is 8.19. The molecule has 0 N–H and O–H groups in total. The van der Waals surface area contributed by atoms with Crippen LogP contribution < -0.4 is 0 Å². The molecule has 9 aromatic rings. The zero-order chi connectivity index (χ0) is 31.6. The first kappa shape index (κ1) is 29.4. The van der Waals surface area contributed by atoms with Crippen molar-refractivity contribution in [1.29, 1.82) is 0 Å². The summed E-state index contributed by atoms with van der Waals surface area (Å²) >= 11 is 1.86. The maximum Gasteiger partial charge on any atom is 0.180 e. The lowest BCUT2D eigenvalue weighted by molar-refractivity contribution is 0.667. The quantitative estimate of drug-likeness (QED) is 0.199. The van der Waals surface area contributed by atoms with Crippen LogP contribution in [0.25, 0.3) is 86.5 Å². The van der Waals surface area contributed by atoms with Crippen LogP contribution in [0.4, 0.5) is 0 Å². The molecule has 0 saturated carbocycles. The molecule has 46 heavy (non-hydrogen) atoms. The molecule has 0 atom stereocenters. The Labute approximate surface area is 272 Å². The van der Waals surface area contributed by atoms with Crippen LogP contribution in [0.3, 0.4) is 0 Å². The molecule has 4 heteroatoms. The summed E-state index contributed by atoms with van der Waals surface area (Å²) in [5.41, 5.74) is 8.95. The number of hydrogen-bond acceptors (Lipinski definition) is 4. The predicted octanol–water partition coefficient (Wildman–Crippen LogP) is 13.0. The molecule has 0 amide bonds. The zero-order valence-electron chi connectivity index (χ0n) is 26.4. The normalized spacial score (nSPS) is 11.0. The zero-order valence-corrected chi connectivity index (χ0v) is 27.2. The number of fused-ring (bicyclic) bond motifs is 8. The van der Waals surface area contributed by atoms with Crippen LogP contribution in [0.5, 0.6) is 0 Å². The molecule has 0 aliphatic heterocycles. The van der Waals surface area contributed by atoms with E-state index in [-0.39, 0.29) is 0 Å². The Balaban J connectivity index is 0.000000815. The van der Waals surface area contributed by atoms with Gasteiger partial charge in [0.15, 0.2) is 5.58 Å². The van der Waals surface area contributed by atoms with E-state index in [1.807, 2.05) is 45.1 Å². The Morgan fingerprint density at radius 1 is 0.543 bits per heavy atom. The van der Waals surface area contributed by atoms with Crippen LogP contribution >= 0.6 is 11.3 Å². The molecule has 3 nitrogen and oxygen atoms in total. The van der Waals surface area contributed by atoms with Gasteiger partial charge in [0.1, 0.15) is 23.1 Å². The molecule has 6 aromatic carbocycles. The van der Waals surface area contributed by atoms with E-state index < -0.39 is 0 Å². The van der Waals surface area contributed by atoms with Gasteiger partial charge >= 0.3 is 0 Å². The van der Waals surface area contributed by atoms with E-state index in [0.717, 1.165) is 44.3 Å². The molecule has 0 unspecified atom stereocenters. The summed E-state index contributed by atoms with van der Waals surface area (Å²) < 4.78 is 9.05. The van der Waals surface area contributed by atoms with Gasteiger partial charge < -0.3 is 4.42 Å². The Morgan fingerprint density at radius 2 is 1.20 bits per heavy atom. The fourth-order valence-electron chi connectivity index (χ4n) is 6.23. The summed E-state index contributed by atoms with van der Waals surface area (Å²) in [4.78, 5) is 9.37. The van der Waals surface area contributed by atoms with Gasteiger partial charge in [0, 0.05) is 25.7 Å². The van der Waals surface area contributed by atoms with Crippen molar-refractivity contribution in [3.63, 3.8) is 0 Å². The van der Waals surface area contributed by atoms with Crippen LogP contribution in [0.2, 0.25) is 0 Å². The SMILES string of the molecule is CC.CC.c1cc(-c2cccc(-c3cccc4c3sc3ccccc34)c2)cc(-c2ncnc3c2oc2ccc4ccccc4c23)c1. The van der Waals surface area contributed by atoms with Gasteiger partial charge in [-0.3, -0.25) is 0 Å². The van der Waals surface area contributed by atoms with Crippen LogP contribution in [0.15, 0.2) is 138 Å². The molecule has 3 aromatic heterocycles. The van der Waals surface area contributed by atoms with E-state index in [4.69, 9.17) is 9.40 Å². The second kappa shape index (κ2) is 12.6. The fourth-order valence-corrected chi connectivity index (χ4v) is 7.47. The fraction of sp³-hybridized carbons (Fsp3) is 0.0952. The first-order chi connectivity index (χ1) is 22.8. The van der Waals surface area contributed by atoms with Crippen LogP contribution in [-0.2, 0) is 0 Å². The van der Waals surface area contributed by atoms with Gasteiger partial charge in [-0.05, 0) is 57.3 Å². The smallest absolute Gasteiger partial charge is 0.180 e. The van der Waals surface area contributed by atoms with Gasteiger partial charge in [-0.15, -0.1) is 11.3 Å². The maximum absolute atomic E-state index is 6.41. The number of benzene rings is 6. The predicted molar refractivity (Wildman–Crippen MR) is 199 cm³/mol. The highest BCUT2D eigenvalue weighted by atomic mass is 32.1. The van der Waals surface area contributed by atoms with Crippen molar-refractivity contribution in [2.75, 3.05) is 0 Å². The highest BCUT2D eigenvalue weighted by Crippen LogP contribution is 2.41.